The van der Waals surface area contributed by atoms with E-state index in [4.69, 9.17) is 23.2 Å². The standard InChI is InChI=1S/C18H23Cl2N3O3/c1-3-22(4-2)18(26)15-6-5-9-23(15)16(24)11-21-17(25)13-8-7-12(19)10-14(13)20/h7-8,10,15H,3-6,9,11H2,1-2H3,(H,21,25). The molecule has 1 heterocycles. The Morgan fingerprint density at radius 1 is 1.23 bits per heavy atom. The van der Waals surface area contributed by atoms with Crippen molar-refractivity contribution in [1.29, 1.82) is 0 Å². The number of nitrogens with one attached hydrogen (secondary N) is 1. The molecule has 1 fully saturated rings. The molecule has 1 unspecified atom stereocenters. The average Bonchev–Trinajstić information content (AvgIpc) is 3.10. The Kier molecular flexibility index (Phi) is 7.29. The minimum atomic E-state index is -0.453. The summed E-state index contributed by atoms with van der Waals surface area (Å²) in [5, 5.41) is 3.22. The lowest BCUT2D eigenvalue weighted by molar-refractivity contribution is -0.143. The maximum atomic E-state index is 12.6. The molecule has 3 amide bonds. The molecule has 1 aromatic carbocycles. The van der Waals surface area contributed by atoms with Crippen LogP contribution in [-0.2, 0) is 9.59 Å². The molecule has 8 heteroatoms. The van der Waals surface area contributed by atoms with Gasteiger partial charge in [0.1, 0.15) is 6.04 Å². The molecule has 0 bridgehead atoms. The van der Waals surface area contributed by atoms with Crippen molar-refractivity contribution in [3.8, 4) is 0 Å². The van der Waals surface area contributed by atoms with Crippen molar-refractivity contribution in [1.82, 2.24) is 15.1 Å². The molecule has 2 rings (SSSR count). The number of hydrogen-bond acceptors (Lipinski definition) is 3. The van der Waals surface area contributed by atoms with Crippen LogP contribution in [0, 0.1) is 0 Å². The van der Waals surface area contributed by atoms with E-state index in [1.54, 1.807) is 15.9 Å². The van der Waals surface area contributed by atoms with Crippen LogP contribution in [-0.4, -0.2) is 59.7 Å². The second-order valence-corrected chi connectivity index (χ2v) is 6.91. The zero-order chi connectivity index (χ0) is 19.3. The average molecular weight is 400 g/mol. The van der Waals surface area contributed by atoms with Crippen LogP contribution in [0.2, 0.25) is 10.0 Å². The van der Waals surface area contributed by atoms with Crippen molar-refractivity contribution in [2.45, 2.75) is 32.7 Å². The first kappa shape index (κ1) is 20.5. The van der Waals surface area contributed by atoms with E-state index in [1.165, 1.54) is 12.1 Å². The van der Waals surface area contributed by atoms with E-state index < -0.39 is 11.9 Å². The molecule has 0 aromatic heterocycles. The summed E-state index contributed by atoms with van der Waals surface area (Å²) in [6.45, 7) is 5.39. The SMILES string of the molecule is CCN(CC)C(=O)C1CCCN1C(=O)CNC(=O)c1ccc(Cl)cc1Cl. The molecule has 0 radical (unpaired) electrons. The van der Waals surface area contributed by atoms with Crippen LogP contribution in [0.3, 0.4) is 0 Å². The second-order valence-electron chi connectivity index (χ2n) is 6.06. The van der Waals surface area contributed by atoms with Gasteiger partial charge in [-0.25, -0.2) is 0 Å². The fourth-order valence-corrected chi connectivity index (χ4v) is 3.59. The number of halogens is 2. The highest BCUT2D eigenvalue weighted by Crippen LogP contribution is 2.21. The summed E-state index contributed by atoms with van der Waals surface area (Å²) < 4.78 is 0. The van der Waals surface area contributed by atoms with Gasteiger partial charge in [-0.1, -0.05) is 23.2 Å². The van der Waals surface area contributed by atoms with E-state index in [9.17, 15) is 14.4 Å². The maximum Gasteiger partial charge on any atom is 0.253 e. The van der Waals surface area contributed by atoms with Crippen LogP contribution in [0.1, 0.15) is 37.0 Å². The number of benzene rings is 1. The van der Waals surface area contributed by atoms with E-state index >= 15 is 0 Å². The molecule has 1 aliphatic rings. The third-order valence-corrected chi connectivity index (χ3v) is 5.06. The molecule has 6 nitrogen and oxygen atoms in total. The quantitative estimate of drug-likeness (QED) is 0.798. The summed E-state index contributed by atoms with van der Waals surface area (Å²) in [5.41, 5.74) is 0.251. The normalized spacial score (nSPS) is 16.5. The second kappa shape index (κ2) is 9.24. The predicted octanol–water partition coefficient (Wildman–Crippen LogP) is 2.58. The van der Waals surface area contributed by atoms with Gasteiger partial charge in [-0.2, -0.15) is 0 Å². The van der Waals surface area contributed by atoms with E-state index in [-0.39, 0.29) is 28.9 Å². The van der Waals surface area contributed by atoms with Gasteiger partial charge in [-0.3, -0.25) is 14.4 Å². The fourth-order valence-electron chi connectivity index (χ4n) is 3.09. The number of rotatable bonds is 6. The summed E-state index contributed by atoms with van der Waals surface area (Å²) in [6, 6.07) is 4.09. The molecular formula is C18H23Cl2N3O3. The fraction of sp³-hybridized carbons (Fsp3) is 0.500. The van der Waals surface area contributed by atoms with Crippen molar-refractivity contribution in [2.24, 2.45) is 0 Å². The van der Waals surface area contributed by atoms with Crippen molar-refractivity contribution in [3.63, 3.8) is 0 Å². The van der Waals surface area contributed by atoms with Crippen molar-refractivity contribution in [2.75, 3.05) is 26.2 Å². The summed E-state index contributed by atoms with van der Waals surface area (Å²) in [6.07, 6.45) is 1.43. The first-order valence-electron chi connectivity index (χ1n) is 8.70. The lowest BCUT2D eigenvalue weighted by Crippen LogP contribution is -2.50. The topological polar surface area (TPSA) is 69.7 Å². The predicted molar refractivity (Wildman–Crippen MR) is 101 cm³/mol. The first-order chi connectivity index (χ1) is 12.4. The molecular weight excluding hydrogens is 377 g/mol. The molecule has 142 valence electrons. The van der Waals surface area contributed by atoms with Gasteiger partial charge in [0, 0.05) is 24.7 Å². The Morgan fingerprint density at radius 2 is 1.92 bits per heavy atom. The largest absolute Gasteiger partial charge is 0.343 e. The Labute approximate surface area is 163 Å². The Bertz CT molecular complexity index is 692. The highest BCUT2D eigenvalue weighted by Gasteiger charge is 2.35. The summed E-state index contributed by atoms with van der Waals surface area (Å²) >= 11 is 11.8. The molecule has 0 saturated carbocycles. The lowest BCUT2D eigenvalue weighted by atomic mass is 10.2. The number of amides is 3. The number of likely N-dealkylation sites (N-methyl/N-ethyl adjacent to an activating group) is 1. The van der Waals surface area contributed by atoms with E-state index in [1.807, 2.05) is 13.8 Å². The number of carbonyl (C=O) groups excluding carboxylic acids is 3. The summed E-state index contributed by atoms with van der Waals surface area (Å²) in [4.78, 5) is 40.6. The zero-order valence-corrected chi connectivity index (χ0v) is 16.4. The number of nitrogens with zero attached hydrogens (tertiary/aromatic N) is 2. The maximum absolute atomic E-state index is 12.6. The van der Waals surface area contributed by atoms with E-state index in [0.29, 0.717) is 31.1 Å². The Balaban J connectivity index is 1.98. The van der Waals surface area contributed by atoms with Crippen LogP contribution >= 0.6 is 23.2 Å². The molecule has 1 atom stereocenters. The Morgan fingerprint density at radius 3 is 2.54 bits per heavy atom. The van der Waals surface area contributed by atoms with Gasteiger partial charge in [-0.05, 0) is 44.9 Å². The third-order valence-electron chi connectivity index (χ3n) is 4.51. The van der Waals surface area contributed by atoms with Gasteiger partial charge in [-0.15, -0.1) is 0 Å². The van der Waals surface area contributed by atoms with E-state index in [0.717, 1.165) is 6.42 Å². The van der Waals surface area contributed by atoms with E-state index in [2.05, 4.69) is 5.32 Å². The molecule has 1 saturated heterocycles. The van der Waals surface area contributed by atoms with Gasteiger partial charge in [0.25, 0.3) is 5.91 Å². The van der Waals surface area contributed by atoms with Gasteiger partial charge >= 0.3 is 0 Å². The molecule has 1 aromatic rings. The smallest absolute Gasteiger partial charge is 0.253 e. The van der Waals surface area contributed by atoms with Gasteiger partial charge in [0.05, 0.1) is 17.1 Å². The third kappa shape index (κ3) is 4.68. The number of carbonyl (C=O) groups is 3. The zero-order valence-electron chi connectivity index (χ0n) is 14.9. The monoisotopic (exact) mass is 399 g/mol. The lowest BCUT2D eigenvalue weighted by Gasteiger charge is -2.29. The minimum absolute atomic E-state index is 0.0343. The van der Waals surface area contributed by atoms with Crippen LogP contribution in [0.4, 0.5) is 0 Å². The van der Waals surface area contributed by atoms with Crippen molar-refractivity contribution in [3.05, 3.63) is 33.8 Å². The molecule has 0 spiro atoms. The number of hydrogen-bond donors (Lipinski definition) is 1. The van der Waals surface area contributed by atoms with Crippen molar-refractivity contribution < 1.29 is 14.4 Å². The van der Waals surface area contributed by atoms with Crippen LogP contribution in [0.25, 0.3) is 0 Å². The Hall–Kier alpha value is -1.79. The molecule has 1 N–H and O–H groups in total. The first-order valence-corrected chi connectivity index (χ1v) is 9.46. The highest BCUT2D eigenvalue weighted by atomic mass is 35.5. The van der Waals surface area contributed by atoms with Gasteiger partial charge < -0.3 is 15.1 Å². The van der Waals surface area contributed by atoms with Gasteiger partial charge in [0.15, 0.2) is 0 Å². The van der Waals surface area contributed by atoms with Crippen LogP contribution < -0.4 is 5.32 Å². The summed E-state index contributed by atoms with van der Waals surface area (Å²) in [7, 11) is 0. The molecule has 0 aliphatic carbocycles. The number of likely N-dealkylation sites (tertiary alicyclic amines) is 1. The highest BCUT2D eigenvalue weighted by molar-refractivity contribution is 6.36. The van der Waals surface area contributed by atoms with Crippen molar-refractivity contribution >= 4 is 40.9 Å². The van der Waals surface area contributed by atoms with Crippen LogP contribution in [0.15, 0.2) is 18.2 Å². The summed E-state index contributed by atoms with van der Waals surface area (Å²) in [5.74, 6) is -0.759. The van der Waals surface area contributed by atoms with Crippen LogP contribution in [0.5, 0.6) is 0 Å². The molecule has 1 aliphatic heterocycles. The molecule has 26 heavy (non-hydrogen) atoms. The minimum Gasteiger partial charge on any atom is -0.343 e. The van der Waals surface area contributed by atoms with Gasteiger partial charge in [0.2, 0.25) is 11.8 Å².